The van der Waals surface area contributed by atoms with Gasteiger partial charge in [0.05, 0.1) is 29.2 Å². The van der Waals surface area contributed by atoms with E-state index in [2.05, 4.69) is 26.5 Å². The highest BCUT2D eigenvalue weighted by Gasteiger charge is 2.18. The molecule has 0 aromatic carbocycles. The molecule has 4 rings (SSSR count). The van der Waals surface area contributed by atoms with E-state index in [1.165, 1.54) is 0 Å². The summed E-state index contributed by atoms with van der Waals surface area (Å²) in [5.74, 6) is 0.127. The molecule has 4 heterocycles. The fourth-order valence-corrected chi connectivity index (χ4v) is 4.24. The zero-order valence-electron chi connectivity index (χ0n) is 17.3. The highest BCUT2D eigenvalue weighted by molar-refractivity contribution is 7.88. The first kappa shape index (κ1) is 21.4. The number of pyridine rings is 2. The predicted octanol–water partition coefficient (Wildman–Crippen LogP) is 1.14. The number of amides is 1. The first-order chi connectivity index (χ1) is 14.9. The largest absolute Gasteiger partial charge is 0.351 e. The summed E-state index contributed by atoms with van der Waals surface area (Å²) in [6.45, 7) is 2.34. The van der Waals surface area contributed by atoms with Gasteiger partial charge in [0.15, 0.2) is 0 Å². The molecule has 164 valence electrons. The zero-order chi connectivity index (χ0) is 21.8. The quantitative estimate of drug-likeness (QED) is 0.473. The van der Waals surface area contributed by atoms with E-state index >= 15 is 0 Å². The highest BCUT2D eigenvalue weighted by Crippen LogP contribution is 2.27. The minimum atomic E-state index is -3.27. The third-order valence-corrected chi connectivity index (χ3v) is 6.04. The number of rotatable bonds is 7. The van der Waals surface area contributed by atoms with E-state index in [1.807, 2.05) is 18.2 Å². The van der Waals surface area contributed by atoms with Gasteiger partial charge in [-0.1, -0.05) is 6.07 Å². The average Bonchev–Trinajstić information content (AvgIpc) is 3.20. The van der Waals surface area contributed by atoms with Crippen molar-refractivity contribution in [1.82, 2.24) is 30.0 Å². The molecule has 1 unspecified atom stereocenters. The fourth-order valence-electron chi connectivity index (χ4n) is 3.76. The van der Waals surface area contributed by atoms with Crippen LogP contribution in [0.1, 0.15) is 34.8 Å². The van der Waals surface area contributed by atoms with Crippen LogP contribution in [0.5, 0.6) is 0 Å². The number of aromatic nitrogens is 3. The fraction of sp³-hybridized carbons (Fsp3) is 0.381. The van der Waals surface area contributed by atoms with Crippen LogP contribution in [0.15, 0.2) is 42.7 Å². The van der Waals surface area contributed by atoms with Crippen LogP contribution in [-0.4, -0.2) is 61.4 Å². The number of hydrogen-bond acceptors (Lipinski definition) is 6. The minimum absolute atomic E-state index is 0.136. The lowest BCUT2D eigenvalue weighted by molar-refractivity contribution is 0.0953. The Balaban J connectivity index is 1.49. The van der Waals surface area contributed by atoms with Crippen molar-refractivity contribution in [3.63, 3.8) is 0 Å². The summed E-state index contributed by atoms with van der Waals surface area (Å²) in [6.07, 6.45) is 6.79. The van der Waals surface area contributed by atoms with Crippen molar-refractivity contribution in [3.8, 4) is 11.3 Å². The van der Waals surface area contributed by atoms with Crippen molar-refractivity contribution in [3.05, 3.63) is 54.0 Å². The maximum absolute atomic E-state index is 12.4. The minimum Gasteiger partial charge on any atom is -0.351 e. The standard InChI is InChI=1S/C21H26N6O3S/c1-31(29,30)25-11-10-23-21(28)16-7-8-20-17(13-24-27(20)14-16)19-6-2-5-18(26-19)15-4-3-9-22-12-15/h2,5-8,13-15,22,25H,3-4,9-12H2,1H3,(H,23,28). The SMILES string of the molecule is CS(=O)(=O)NCCNC(=O)c1ccc2c(-c3cccc(C4CCCNC4)n3)cnn2c1. The zero-order valence-corrected chi connectivity index (χ0v) is 18.2. The van der Waals surface area contributed by atoms with Crippen LogP contribution < -0.4 is 15.4 Å². The molecule has 1 aliphatic rings. The lowest BCUT2D eigenvalue weighted by Crippen LogP contribution is -2.34. The Morgan fingerprint density at radius 2 is 2.13 bits per heavy atom. The van der Waals surface area contributed by atoms with E-state index in [4.69, 9.17) is 4.98 Å². The van der Waals surface area contributed by atoms with Gasteiger partial charge in [-0.2, -0.15) is 5.10 Å². The van der Waals surface area contributed by atoms with Gasteiger partial charge in [0.2, 0.25) is 10.0 Å². The van der Waals surface area contributed by atoms with Gasteiger partial charge in [0.1, 0.15) is 0 Å². The summed E-state index contributed by atoms with van der Waals surface area (Å²) in [5.41, 5.74) is 4.16. The van der Waals surface area contributed by atoms with Crippen LogP contribution in [0.2, 0.25) is 0 Å². The molecule has 0 saturated carbocycles. The van der Waals surface area contributed by atoms with Gasteiger partial charge in [-0.15, -0.1) is 0 Å². The second kappa shape index (κ2) is 9.13. The molecule has 1 amide bonds. The maximum Gasteiger partial charge on any atom is 0.252 e. The van der Waals surface area contributed by atoms with E-state index in [0.717, 1.165) is 54.7 Å². The van der Waals surface area contributed by atoms with Crippen LogP contribution in [0.25, 0.3) is 16.8 Å². The summed E-state index contributed by atoms with van der Waals surface area (Å²) in [4.78, 5) is 17.2. The number of sulfonamides is 1. The average molecular weight is 443 g/mol. The monoisotopic (exact) mass is 442 g/mol. The van der Waals surface area contributed by atoms with Crippen molar-refractivity contribution in [2.75, 3.05) is 32.4 Å². The van der Waals surface area contributed by atoms with Crippen LogP contribution in [-0.2, 0) is 10.0 Å². The first-order valence-electron chi connectivity index (χ1n) is 10.3. The molecule has 10 heteroatoms. The Morgan fingerprint density at radius 3 is 2.90 bits per heavy atom. The smallest absolute Gasteiger partial charge is 0.252 e. The lowest BCUT2D eigenvalue weighted by atomic mass is 9.95. The van der Waals surface area contributed by atoms with Crippen LogP contribution in [0.4, 0.5) is 0 Å². The second-order valence-corrected chi connectivity index (χ2v) is 9.55. The molecule has 1 saturated heterocycles. The van der Waals surface area contributed by atoms with E-state index < -0.39 is 10.0 Å². The van der Waals surface area contributed by atoms with Crippen molar-refractivity contribution in [1.29, 1.82) is 0 Å². The van der Waals surface area contributed by atoms with Crippen molar-refractivity contribution in [2.24, 2.45) is 0 Å². The molecule has 1 aliphatic heterocycles. The summed E-state index contributed by atoms with van der Waals surface area (Å²) < 4.78 is 26.2. The van der Waals surface area contributed by atoms with Gasteiger partial charge < -0.3 is 10.6 Å². The van der Waals surface area contributed by atoms with E-state index in [1.54, 1.807) is 23.0 Å². The van der Waals surface area contributed by atoms with E-state index in [-0.39, 0.29) is 19.0 Å². The number of carbonyl (C=O) groups is 1. The van der Waals surface area contributed by atoms with Crippen LogP contribution >= 0.6 is 0 Å². The molecule has 3 aromatic heterocycles. The Bertz CT molecular complexity index is 1180. The number of nitrogens with one attached hydrogen (secondary N) is 3. The van der Waals surface area contributed by atoms with Gasteiger partial charge in [-0.3, -0.25) is 9.78 Å². The molecule has 0 aliphatic carbocycles. The molecule has 1 atom stereocenters. The third-order valence-electron chi connectivity index (χ3n) is 5.31. The predicted molar refractivity (Wildman–Crippen MR) is 118 cm³/mol. The summed E-state index contributed by atoms with van der Waals surface area (Å²) in [6, 6.07) is 9.67. The van der Waals surface area contributed by atoms with Gasteiger partial charge in [0.25, 0.3) is 5.91 Å². The van der Waals surface area contributed by atoms with E-state index in [0.29, 0.717) is 11.5 Å². The molecule has 0 spiro atoms. The highest BCUT2D eigenvalue weighted by atomic mass is 32.2. The lowest BCUT2D eigenvalue weighted by Gasteiger charge is -2.22. The number of nitrogens with zero attached hydrogens (tertiary/aromatic N) is 3. The third kappa shape index (κ3) is 5.27. The summed E-state index contributed by atoms with van der Waals surface area (Å²) in [5, 5.41) is 10.5. The molecular formula is C21H26N6O3S. The number of hydrogen-bond donors (Lipinski definition) is 3. The van der Waals surface area contributed by atoms with Crippen molar-refractivity contribution in [2.45, 2.75) is 18.8 Å². The molecule has 31 heavy (non-hydrogen) atoms. The Morgan fingerprint density at radius 1 is 1.26 bits per heavy atom. The molecule has 9 nitrogen and oxygen atoms in total. The van der Waals surface area contributed by atoms with Gasteiger partial charge in [0, 0.05) is 43.0 Å². The van der Waals surface area contributed by atoms with Crippen molar-refractivity contribution >= 4 is 21.4 Å². The topological polar surface area (TPSA) is 117 Å². The van der Waals surface area contributed by atoms with Gasteiger partial charge >= 0.3 is 0 Å². The normalized spacial score (nSPS) is 17.0. The number of carbonyl (C=O) groups excluding carboxylic acids is 1. The Labute approximate surface area is 181 Å². The Kier molecular flexibility index (Phi) is 6.30. The molecule has 3 aromatic rings. The molecule has 1 fully saturated rings. The van der Waals surface area contributed by atoms with Crippen LogP contribution in [0, 0.1) is 0 Å². The Hall–Kier alpha value is -2.82. The first-order valence-corrected chi connectivity index (χ1v) is 12.2. The van der Waals surface area contributed by atoms with Gasteiger partial charge in [-0.25, -0.2) is 17.7 Å². The number of piperidine rings is 1. The molecular weight excluding hydrogens is 416 g/mol. The molecule has 3 N–H and O–H groups in total. The maximum atomic E-state index is 12.4. The summed E-state index contributed by atoms with van der Waals surface area (Å²) >= 11 is 0. The molecule has 0 bridgehead atoms. The van der Waals surface area contributed by atoms with Gasteiger partial charge in [-0.05, 0) is 43.7 Å². The number of fused-ring (bicyclic) bond motifs is 1. The van der Waals surface area contributed by atoms with Crippen LogP contribution in [0.3, 0.4) is 0 Å². The second-order valence-electron chi connectivity index (χ2n) is 7.72. The van der Waals surface area contributed by atoms with Crippen molar-refractivity contribution < 1.29 is 13.2 Å². The molecule has 0 radical (unpaired) electrons. The summed E-state index contributed by atoms with van der Waals surface area (Å²) in [7, 11) is -3.27. The van der Waals surface area contributed by atoms with E-state index in [9.17, 15) is 13.2 Å².